The molecule has 12 nitrogen and oxygen atoms in total. The van der Waals surface area contributed by atoms with Crippen molar-refractivity contribution in [1.29, 1.82) is 0 Å². The van der Waals surface area contributed by atoms with Crippen LogP contribution >= 0.6 is 0 Å². The average molecular weight is 725 g/mol. The Morgan fingerprint density at radius 3 is 1.19 bits per heavy atom. The number of nitrogens with zero attached hydrogens (tertiary/aromatic N) is 2. The van der Waals surface area contributed by atoms with Gasteiger partial charge in [-0.25, -0.2) is 19.2 Å². The quantitative estimate of drug-likeness (QED) is 0.0498. The Balaban J connectivity index is 2.48. The summed E-state index contributed by atoms with van der Waals surface area (Å²) in [5, 5.41) is 0. The molecule has 0 aliphatic carbocycles. The summed E-state index contributed by atoms with van der Waals surface area (Å²) < 4.78 is 33.7. The van der Waals surface area contributed by atoms with E-state index < -0.39 is 46.4 Å². The molecular formula is C40H56N2O10. The van der Waals surface area contributed by atoms with Crippen molar-refractivity contribution < 1.29 is 47.6 Å². The largest absolute Gasteiger partial charge is 0.460 e. The molecule has 2 amide bonds. The Morgan fingerprint density at radius 1 is 0.596 bits per heavy atom. The summed E-state index contributed by atoms with van der Waals surface area (Å²) >= 11 is 0. The first-order valence-electron chi connectivity index (χ1n) is 17.1. The van der Waals surface area contributed by atoms with Gasteiger partial charge in [-0.05, 0) is 65.5 Å². The molecular weight excluding hydrogens is 668 g/mol. The van der Waals surface area contributed by atoms with Crippen molar-refractivity contribution in [2.75, 3.05) is 40.9 Å². The van der Waals surface area contributed by atoms with E-state index >= 15 is 0 Å². The van der Waals surface area contributed by atoms with Crippen molar-refractivity contribution in [2.45, 2.75) is 89.5 Å². The van der Waals surface area contributed by atoms with Crippen LogP contribution in [0.2, 0.25) is 0 Å². The summed E-state index contributed by atoms with van der Waals surface area (Å²) in [7, 11) is 2.80. The smallest absolute Gasteiger partial charge is 0.413 e. The number of hydrogen-bond acceptors (Lipinski definition) is 10. The Kier molecular flexibility index (Phi) is 16.6. The maximum absolute atomic E-state index is 14.2. The number of carbonyl (C=O) groups excluding carboxylic acids is 4. The molecule has 286 valence electrons. The van der Waals surface area contributed by atoms with E-state index in [0.717, 1.165) is 11.1 Å². The molecule has 52 heavy (non-hydrogen) atoms. The second-order valence-electron chi connectivity index (χ2n) is 14.3. The number of hydrogen-bond donors (Lipinski definition) is 0. The molecule has 0 bridgehead atoms. The zero-order chi connectivity index (χ0) is 39.0. The van der Waals surface area contributed by atoms with Crippen molar-refractivity contribution in [3.05, 3.63) is 97.1 Å². The highest BCUT2D eigenvalue weighted by Crippen LogP contribution is 2.32. The predicted molar refractivity (Wildman–Crippen MR) is 197 cm³/mol. The minimum absolute atomic E-state index is 0.00942. The summed E-state index contributed by atoms with van der Waals surface area (Å²) in [6.07, 6.45) is 1.54. The molecule has 0 aliphatic rings. The third-order valence-electron chi connectivity index (χ3n) is 7.73. The second kappa shape index (κ2) is 19.8. The van der Waals surface area contributed by atoms with E-state index in [9.17, 15) is 19.2 Å². The van der Waals surface area contributed by atoms with Crippen molar-refractivity contribution in [2.24, 2.45) is 0 Å². The van der Waals surface area contributed by atoms with Gasteiger partial charge in [0.15, 0.2) is 11.1 Å². The monoisotopic (exact) mass is 724 g/mol. The Hall–Kier alpha value is -4.68. The summed E-state index contributed by atoms with van der Waals surface area (Å²) in [6.45, 7) is 16.7. The van der Waals surface area contributed by atoms with Gasteiger partial charge >= 0.3 is 24.1 Å². The molecule has 2 aromatic carbocycles. The van der Waals surface area contributed by atoms with Crippen LogP contribution in [0.4, 0.5) is 9.59 Å². The van der Waals surface area contributed by atoms with Crippen LogP contribution in [0.25, 0.3) is 0 Å². The molecule has 0 saturated carbocycles. The topological polar surface area (TPSA) is 130 Å². The molecule has 0 radical (unpaired) electrons. The molecule has 0 N–H and O–H groups in total. The van der Waals surface area contributed by atoms with Gasteiger partial charge in [0.1, 0.15) is 37.9 Å². The maximum Gasteiger partial charge on any atom is 0.413 e. The van der Waals surface area contributed by atoms with Crippen molar-refractivity contribution >= 4 is 24.1 Å². The van der Waals surface area contributed by atoms with Crippen molar-refractivity contribution in [3.63, 3.8) is 0 Å². The zero-order valence-electron chi connectivity index (χ0n) is 32.0. The maximum atomic E-state index is 14.2. The molecule has 0 aliphatic heterocycles. The van der Waals surface area contributed by atoms with Crippen LogP contribution in [0.1, 0.15) is 65.5 Å². The fourth-order valence-electron chi connectivity index (χ4n) is 5.56. The normalized spacial score (nSPS) is 13.8. The highest BCUT2D eigenvalue weighted by Gasteiger charge is 2.50. The molecule has 2 unspecified atom stereocenters. The Labute approximate surface area is 308 Å². The SMILES string of the molecule is C=CCC(Cc1ccccc1)(C(=O)OCCOC(=O)C(CC=C)(Cc1ccccc1)N(COC)C(=O)OC(C)(C)C)N(COC)C(=O)OC(C)(C)C. The minimum Gasteiger partial charge on any atom is -0.460 e. The first kappa shape index (κ1) is 43.5. The van der Waals surface area contributed by atoms with Gasteiger partial charge in [-0.1, -0.05) is 72.8 Å². The van der Waals surface area contributed by atoms with Crippen LogP contribution in [0.5, 0.6) is 0 Å². The first-order valence-corrected chi connectivity index (χ1v) is 17.1. The highest BCUT2D eigenvalue weighted by atomic mass is 16.6. The average Bonchev–Trinajstić information content (AvgIpc) is 3.06. The molecule has 12 heteroatoms. The van der Waals surface area contributed by atoms with E-state index in [4.69, 9.17) is 28.4 Å². The molecule has 2 rings (SSSR count). The number of esters is 2. The molecule has 0 saturated heterocycles. The minimum atomic E-state index is -1.64. The molecule has 0 aromatic heterocycles. The van der Waals surface area contributed by atoms with E-state index in [1.165, 1.54) is 36.2 Å². The van der Waals surface area contributed by atoms with Gasteiger partial charge in [-0.3, -0.25) is 9.80 Å². The number of rotatable bonds is 19. The number of ether oxygens (including phenoxy) is 6. The van der Waals surface area contributed by atoms with Gasteiger partial charge in [0.2, 0.25) is 0 Å². The van der Waals surface area contributed by atoms with Crippen LogP contribution < -0.4 is 0 Å². The fourth-order valence-corrected chi connectivity index (χ4v) is 5.56. The predicted octanol–water partition coefficient (Wildman–Crippen LogP) is 6.87. The van der Waals surface area contributed by atoms with Gasteiger partial charge < -0.3 is 28.4 Å². The molecule has 0 fully saturated rings. The highest BCUT2D eigenvalue weighted by molar-refractivity contribution is 5.88. The number of carbonyl (C=O) groups is 4. The summed E-state index contributed by atoms with van der Waals surface area (Å²) in [4.78, 5) is 58.1. The van der Waals surface area contributed by atoms with Gasteiger partial charge in [0, 0.05) is 27.1 Å². The Morgan fingerprint density at radius 2 is 0.923 bits per heavy atom. The fraction of sp³-hybridized carbons (Fsp3) is 0.500. The van der Waals surface area contributed by atoms with Crippen LogP contribution in [-0.4, -0.2) is 97.1 Å². The molecule has 0 heterocycles. The van der Waals surface area contributed by atoms with Crippen LogP contribution in [0.15, 0.2) is 86.0 Å². The summed E-state index contributed by atoms with van der Waals surface area (Å²) in [5.41, 5.74) is -3.54. The van der Waals surface area contributed by atoms with E-state index in [1.807, 2.05) is 60.7 Å². The lowest BCUT2D eigenvalue weighted by Crippen LogP contribution is -2.61. The van der Waals surface area contributed by atoms with Gasteiger partial charge in [-0.2, -0.15) is 0 Å². The summed E-state index contributed by atoms with van der Waals surface area (Å²) in [5.74, 6) is -1.57. The van der Waals surface area contributed by atoms with Crippen LogP contribution in [-0.2, 0) is 50.9 Å². The summed E-state index contributed by atoms with van der Waals surface area (Å²) in [6, 6.07) is 18.3. The van der Waals surface area contributed by atoms with E-state index in [-0.39, 0.29) is 52.4 Å². The first-order chi connectivity index (χ1) is 24.5. The zero-order valence-corrected chi connectivity index (χ0v) is 32.0. The van der Waals surface area contributed by atoms with Gasteiger partial charge in [-0.15, -0.1) is 13.2 Å². The molecule has 2 atom stereocenters. The van der Waals surface area contributed by atoms with Crippen LogP contribution in [0.3, 0.4) is 0 Å². The number of amides is 2. The van der Waals surface area contributed by atoms with E-state index in [0.29, 0.717) is 0 Å². The lowest BCUT2D eigenvalue weighted by atomic mass is 9.85. The second-order valence-corrected chi connectivity index (χ2v) is 14.3. The van der Waals surface area contributed by atoms with Gasteiger partial charge in [0.05, 0.1) is 0 Å². The van der Waals surface area contributed by atoms with Crippen molar-refractivity contribution in [3.8, 4) is 0 Å². The third kappa shape index (κ3) is 12.5. The van der Waals surface area contributed by atoms with E-state index in [1.54, 1.807) is 41.5 Å². The standard InChI is InChI=1S/C40H56N2O10/c1-11-23-39(27-31-19-15-13-16-20-31,41(29-47-9)35(45)51-37(3,4)5)33(43)49-25-26-50-34(44)40(24-12-2,28-32-21-17-14-18-22-32)42(30-48-10)36(46)52-38(6,7)8/h11-22H,1-2,23-30H2,3-10H3. The Bertz CT molecular complexity index is 1360. The lowest BCUT2D eigenvalue weighted by Gasteiger charge is -2.42. The lowest BCUT2D eigenvalue weighted by molar-refractivity contribution is -0.170. The van der Waals surface area contributed by atoms with E-state index in [2.05, 4.69) is 13.2 Å². The third-order valence-corrected chi connectivity index (χ3v) is 7.73. The van der Waals surface area contributed by atoms with Crippen molar-refractivity contribution in [1.82, 2.24) is 9.80 Å². The number of methoxy groups -OCH3 is 2. The molecule has 0 spiro atoms. The van der Waals surface area contributed by atoms with Crippen LogP contribution in [0, 0.1) is 0 Å². The van der Waals surface area contributed by atoms with Gasteiger partial charge in [0.25, 0.3) is 0 Å². The number of benzene rings is 2. The molecule has 2 aromatic rings.